The summed E-state index contributed by atoms with van der Waals surface area (Å²) in [6.07, 6.45) is 1.65. The van der Waals surface area contributed by atoms with Gasteiger partial charge in [-0.3, -0.25) is 4.90 Å². The van der Waals surface area contributed by atoms with Crippen molar-refractivity contribution in [1.29, 1.82) is 0 Å². The van der Waals surface area contributed by atoms with E-state index in [2.05, 4.69) is 46.3 Å². The van der Waals surface area contributed by atoms with E-state index in [1.165, 1.54) is 11.1 Å². The van der Waals surface area contributed by atoms with E-state index in [1.807, 2.05) is 36.4 Å². The minimum Gasteiger partial charge on any atom is -0.497 e. The second kappa shape index (κ2) is 9.54. The fourth-order valence-corrected chi connectivity index (χ4v) is 3.78. The van der Waals surface area contributed by atoms with Crippen molar-refractivity contribution in [2.45, 2.75) is 18.7 Å². The molecule has 0 N–H and O–H groups in total. The van der Waals surface area contributed by atoms with Crippen LogP contribution in [0.3, 0.4) is 0 Å². The Labute approximate surface area is 171 Å². The predicted octanol–water partition coefficient (Wildman–Crippen LogP) is 4.11. The Kier molecular flexibility index (Phi) is 6.39. The van der Waals surface area contributed by atoms with E-state index < -0.39 is 0 Å². The van der Waals surface area contributed by atoms with Crippen molar-refractivity contribution < 1.29 is 14.2 Å². The molecule has 2 heterocycles. The van der Waals surface area contributed by atoms with Crippen LogP contribution in [0.5, 0.6) is 11.6 Å². The highest BCUT2D eigenvalue weighted by Gasteiger charge is 2.34. The van der Waals surface area contributed by atoms with E-state index in [4.69, 9.17) is 14.2 Å². The number of methoxy groups -OCH3 is 1. The third-order valence-corrected chi connectivity index (χ3v) is 5.15. The second-order valence-corrected chi connectivity index (χ2v) is 7.07. The molecular formula is C24H26N2O3. The van der Waals surface area contributed by atoms with Gasteiger partial charge in [0.1, 0.15) is 18.5 Å². The summed E-state index contributed by atoms with van der Waals surface area (Å²) < 4.78 is 17.5. The summed E-state index contributed by atoms with van der Waals surface area (Å²) in [7, 11) is 1.70. The molecule has 0 amide bonds. The van der Waals surface area contributed by atoms with Gasteiger partial charge in [-0.05, 0) is 29.3 Å². The number of benzene rings is 2. The molecule has 1 aliphatic heterocycles. The summed E-state index contributed by atoms with van der Waals surface area (Å²) in [6.45, 7) is 2.80. The van der Waals surface area contributed by atoms with Crippen LogP contribution in [0.1, 0.15) is 17.2 Å². The standard InChI is InChI=1S/C24H26N2O3/c1-27-21-11-7-8-19(16-21)17-26-14-15-28-22(18-29-23-12-5-6-13-25-23)24(26)20-9-3-2-4-10-20/h2-13,16,22,24H,14-15,17-18H2,1H3/t22-,24-/m0/s1. The molecule has 0 aliphatic carbocycles. The zero-order chi connectivity index (χ0) is 19.9. The minimum atomic E-state index is -0.0845. The molecule has 1 aromatic heterocycles. The molecule has 3 aromatic rings. The number of rotatable bonds is 7. The smallest absolute Gasteiger partial charge is 0.213 e. The number of nitrogens with zero attached hydrogens (tertiary/aromatic N) is 2. The number of aromatic nitrogens is 1. The molecule has 4 rings (SSSR count). The maximum absolute atomic E-state index is 6.16. The Morgan fingerprint density at radius 1 is 1.03 bits per heavy atom. The maximum atomic E-state index is 6.16. The lowest BCUT2D eigenvalue weighted by atomic mass is 9.97. The molecule has 1 fully saturated rings. The number of ether oxygens (including phenoxy) is 3. The predicted molar refractivity (Wildman–Crippen MR) is 112 cm³/mol. The number of pyridine rings is 1. The first kappa shape index (κ1) is 19.4. The van der Waals surface area contributed by atoms with Crippen molar-refractivity contribution in [1.82, 2.24) is 9.88 Å². The molecule has 150 valence electrons. The summed E-state index contributed by atoms with van der Waals surface area (Å²) in [5.74, 6) is 1.50. The third-order valence-electron chi connectivity index (χ3n) is 5.15. The van der Waals surface area contributed by atoms with Crippen molar-refractivity contribution in [2.24, 2.45) is 0 Å². The van der Waals surface area contributed by atoms with Crippen molar-refractivity contribution in [3.63, 3.8) is 0 Å². The first-order valence-electron chi connectivity index (χ1n) is 9.91. The van der Waals surface area contributed by atoms with Gasteiger partial charge in [0, 0.05) is 25.4 Å². The lowest BCUT2D eigenvalue weighted by Crippen LogP contribution is -2.47. The first-order valence-corrected chi connectivity index (χ1v) is 9.91. The van der Waals surface area contributed by atoms with Gasteiger partial charge in [-0.2, -0.15) is 0 Å². The van der Waals surface area contributed by atoms with Crippen LogP contribution in [0.25, 0.3) is 0 Å². The van der Waals surface area contributed by atoms with Crippen LogP contribution in [0.2, 0.25) is 0 Å². The lowest BCUT2D eigenvalue weighted by Gasteiger charge is -2.41. The van der Waals surface area contributed by atoms with Crippen LogP contribution >= 0.6 is 0 Å². The molecule has 0 saturated carbocycles. The van der Waals surface area contributed by atoms with Crippen molar-refractivity contribution in [3.8, 4) is 11.6 Å². The molecule has 0 bridgehead atoms. The Bertz CT molecular complexity index is 889. The van der Waals surface area contributed by atoms with E-state index in [9.17, 15) is 0 Å². The Morgan fingerprint density at radius 3 is 2.69 bits per heavy atom. The molecule has 2 atom stereocenters. The van der Waals surface area contributed by atoms with Crippen LogP contribution < -0.4 is 9.47 Å². The van der Waals surface area contributed by atoms with Crippen molar-refractivity contribution in [3.05, 3.63) is 90.1 Å². The van der Waals surface area contributed by atoms with Crippen LogP contribution in [-0.2, 0) is 11.3 Å². The van der Waals surface area contributed by atoms with E-state index in [-0.39, 0.29) is 12.1 Å². The molecule has 0 unspecified atom stereocenters. The van der Waals surface area contributed by atoms with E-state index in [0.717, 1.165) is 18.8 Å². The molecule has 5 nitrogen and oxygen atoms in total. The van der Waals surface area contributed by atoms with Gasteiger partial charge in [-0.1, -0.05) is 48.5 Å². The topological polar surface area (TPSA) is 43.8 Å². The molecule has 5 heteroatoms. The first-order chi connectivity index (χ1) is 14.3. The number of hydrogen-bond acceptors (Lipinski definition) is 5. The summed E-state index contributed by atoms with van der Waals surface area (Å²) in [5.41, 5.74) is 2.45. The van der Waals surface area contributed by atoms with Gasteiger partial charge in [0.2, 0.25) is 5.88 Å². The lowest BCUT2D eigenvalue weighted by molar-refractivity contribution is -0.0925. The monoisotopic (exact) mass is 390 g/mol. The molecule has 0 spiro atoms. The normalized spacial score (nSPS) is 19.6. The van der Waals surface area contributed by atoms with E-state index in [1.54, 1.807) is 13.3 Å². The molecule has 1 aliphatic rings. The zero-order valence-electron chi connectivity index (χ0n) is 16.6. The number of morpholine rings is 1. The second-order valence-electron chi connectivity index (χ2n) is 7.07. The van der Waals surface area contributed by atoms with E-state index in [0.29, 0.717) is 19.1 Å². The van der Waals surface area contributed by atoms with Crippen molar-refractivity contribution in [2.75, 3.05) is 26.9 Å². The van der Waals surface area contributed by atoms with Crippen molar-refractivity contribution >= 4 is 0 Å². The largest absolute Gasteiger partial charge is 0.497 e. The molecule has 29 heavy (non-hydrogen) atoms. The fraction of sp³-hybridized carbons (Fsp3) is 0.292. The third kappa shape index (κ3) is 4.94. The van der Waals surface area contributed by atoms with Crippen LogP contribution in [-0.4, -0.2) is 42.9 Å². The van der Waals surface area contributed by atoms with Gasteiger partial charge >= 0.3 is 0 Å². The quantitative estimate of drug-likeness (QED) is 0.607. The molecule has 0 radical (unpaired) electrons. The SMILES string of the molecule is COc1cccc(CN2CCO[C@@H](COc3ccccn3)[C@@H]2c2ccccc2)c1. The average molecular weight is 390 g/mol. The van der Waals surface area contributed by atoms with Gasteiger partial charge < -0.3 is 14.2 Å². The Morgan fingerprint density at radius 2 is 1.90 bits per heavy atom. The molecule has 2 aromatic carbocycles. The summed E-state index contributed by atoms with van der Waals surface area (Å²) in [6, 6.07) is 24.5. The highest BCUT2D eigenvalue weighted by molar-refractivity contribution is 5.29. The summed E-state index contributed by atoms with van der Waals surface area (Å²) in [4.78, 5) is 6.72. The highest BCUT2D eigenvalue weighted by atomic mass is 16.5. The molecular weight excluding hydrogens is 364 g/mol. The Hall–Kier alpha value is -2.89. The van der Waals surface area contributed by atoms with Crippen LogP contribution in [0.15, 0.2) is 79.0 Å². The average Bonchev–Trinajstić information content (AvgIpc) is 2.79. The number of hydrogen-bond donors (Lipinski definition) is 0. The maximum Gasteiger partial charge on any atom is 0.213 e. The van der Waals surface area contributed by atoms with Gasteiger partial charge in [-0.25, -0.2) is 4.98 Å². The highest BCUT2D eigenvalue weighted by Crippen LogP contribution is 2.31. The van der Waals surface area contributed by atoms with Crippen LogP contribution in [0, 0.1) is 0 Å². The zero-order valence-corrected chi connectivity index (χ0v) is 16.6. The van der Waals surface area contributed by atoms with Gasteiger partial charge in [0.25, 0.3) is 0 Å². The van der Waals surface area contributed by atoms with Crippen LogP contribution in [0.4, 0.5) is 0 Å². The minimum absolute atomic E-state index is 0.0845. The summed E-state index contributed by atoms with van der Waals surface area (Å²) in [5, 5.41) is 0. The van der Waals surface area contributed by atoms with Gasteiger partial charge in [-0.15, -0.1) is 0 Å². The summed E-state index contributed by atoms with van der Waals surface area (Å²) >= 11 is 0. The molecule has 1 saturated heterocycles. The fourth-order valence-electron chi connectivity index (χ4n) is 3.78. The van der Waals surface area contributed by atoms with Gasteiger partial charge in [0.15, 0.2) is 0 Å². The Balaban J connectivity index is 1.55. The van der Waals surface area contributed by atoms with Gasteiger partial charge in [0.05, 0.1) is 19.8 Å². The van der Waals surface area contributed by atoms with E-state index >= 15 is 0 Å².